The Hall–Kier alpha value is -1.59. The van der Waals surface area contributed by atoms with Crippen LogP contribution >= 0.6 is 23.2 Å². The van der Waals surface area contributed by atoms with Crippen molar-refractivity contribution in [1.82, 2.24) is 9.55 Å². The molecular formula is C18H18Cl2N2O2. The Balaban J connectivity index is 1.97. The van der Waals surface area contributed by atoms with Crippen LogP contribution in [-0.2, 0) is 13.0 Å². The second kappa shape index (κ2) is 7.53. The van der Waals surface area contributed by atoms with E-state index < -0.39 is 6.10 Å². The van der Waals surface area contributed by atoms with Gasteiger partial charge < -0.3 is 14.8 Å². The van der Waals surface area contributed by atoms with E-state index in [4.69, 9.17) is 28.3 Å². The third-order valence-electron chi connectivity index (χ3n) is 3.96. The van der Waals surface area contributed by atoms with Crippen molar-refractivity contribution in [2.45, 2.75) is 25.5 Å². The number of hydrogen-bond donors (Lipinski definition) is 2. The van der Waals surface area contributed by atoms with Crippen LogP contribution in [0.15, 0.2) is 42.5 Å². The minimum atomic E-state index is -0.804. The number of aliphatic hydroxyl groups is 2. The van der Waals surface area contributed by atoms with Crippen molar-refractivity contribution < 1.29 is 10.2 Å². The van der Waals surface area contributed by atoms with Crippen molar-refractivity contribution in [1.29, 1.82) is 0 Å². The lowest BCUT2D eigenvalue weighted by molar-refractivity contribution is 0.156. The molecule has 0 aliphatic rings. The summed E-state index contributed by atoms with van der Waals surface area (Å²) in [5.74, 6) is 0.836. The molecule has 0 aliphatic carbocycles. The first-order chi connectivity index (χ1) is 11.6. The van der Waals surface area contributed by atoms with Gasteiger partial charge in [0.25, 0.3) is 0 Å². The highest BCUT2D eigenvalue weighted by molar-refractivity contribution is 6.33. The zero-order chi connectivity index (χ0) is 17.1. The van der Waals surface area contributed by atoms with E-state index in [0.29, 0.717) is 35.0 Å². The topological polar surface area (TPSA) is 58.3 Å². The Morgan fingerprint density at radius 1 is 1.12 bits per heavy atom. The Morgan fingerprint density at radius 3 is 2.71 bits per heavy atom. The first-order valence-electron chi connectivity index (χ1n) is 7.78. The maximum atomic E-state index is 10.7. The van der Waals surface area contributed by atoms with Gasteiger partial charge in [0.1, 0.15) is 5.82 Å². The molecule has 126 valence electrons. The molecule has 0 aliphatic heterocycles. The molecule has 1 aromatic heterocycles. The van der Waals surface area contributed by atoms with Crippen LogP contribution in [0, 0.1) is 0 Å². The molecular weight excluding hydrogens is 347 g/mol. The fraction of sp³-hybridized carbons (Fsp3) is 0.278. The molecule has 3 rings (SSSR count). The van der Waals surface area contributed by atoms with Crippen LogP contribution in [0.1, 0.15) is 23.9 Å². The van der Waals surface area contributed by atoms with Gasteiger partial charge in [-0.15, -0.1) is 0 Å². The number of hydrogen-bond acceptors (Lipinski definition) is 3. The summed E-state index contributed by atoms with van der Waals surface area (Å²) in [6, 6.07) is 12.8. The molecule has 0 radical (unpaired) electrons. The highest BCUT2D eigenvalue weighted by Crippen LogP contribution is 2.29. The second-order valence-electron chi connectivity index (χ2n) is 5.64. The lowest BCUT2D eigenvalue weighted by atomic mass is 10.1. The molecule has 1 unspecified atom stereocenters. The van der Waals surface area contributed by atoms with E-state index in [1.807, 2.05) is 28.8 Å². The van der Waals surface area contributed by atoms with Crippen LogP contribution in [0.2, 0.25) is 10.0 Å². The molecule has 6 heteroatoms. The number of aliphatic hydroxyl groups excluding tert-OH is 2. The summed E-state index contributed by atoms with van der Waals surface area (Å²) in [6.07, 6.45) is 0.458. The van der Waals surface area contributed by atoms with E-state index in [1.54, 1.807) is 18.2 Å². The largest absolute Gasteiger partial charge is 0.396 e. The van der Waals surface area contributed by atoms with Crippen molar-refractivity contribution in [2.75, 3.05) is 6.61 Å². The van der Waals surface area contributed by atoms with Gasteiger partial charge in [0.05, 0.1) is 23.7 Å². The highest BCUT2D eigenvalue weighted by Gasteiger charge is 2.17. The molecule has 0 spiro atoms. The second-order valence-corrected chi connectivity index (χ2v) is 6.48. The third kappa shape index (κ3) is 3.57. The number of aromatic nitrogens is 2. The average Bonchev–Trinajstić information content (AvgIpc) is 2.93. The van der Waals surface area contributed by atoms with Crippen LogP contribution in [0.5, 0.6) is 0 Å². The number of nitrogens with zero attached hydrogens (tertiary/aromatic N) is 2. The van der Waals surface area contributed by atoms with Gasteiger partial charge in [0.2, 0.25) is 0 Å². The van der Waals surface area contributed by atoms with Crippen LogP contribution in [0.4, 0.5) is 0 Å². The Labute approximate surface area is 150 Å². The predicted molar refractivity (Wildman–Crippen MR) is 96.6 cm³/mol. The number of imidazole rings is 1. The highest BCUT2D eigenvalue weighted by atomic mass is 35.5. The number of aryl methyl sites for hydroxylation is 1. The molecule has 1 atom stereocenters. The smallest absolute Gasteiger partial charge is 0.110 e. The lowest BCUT2D eigenvalue weighted by Gasteiger charge is -2.16. The summed E-state index contributed by atoms with van der Waals surface area (Å²) in [5.41, 5.74) is 2.41. The fourth-order valence-corrected chi connectivity index (χ4v) is 3.22. The molecule has 24 heavy (non-hydrogen) atoms. The van der Waals surface area contributed by atoms with Gasteiger partial charge in [0, 0.05) is 28.6 Å². The van der Waals surface area contributed by atoms with E-state index >= 15 is 0 Å². The van der Waals surface area contributed by atoms with Gasteiger partial charge in [0.15, 0.2) is 0 Å². The summed E-state index contributed by atoms with van der Waals surface area (Å²) in [6.45, 7) is 0.424. The van der Waals surface area contributed by atoms with Gasteiger partial charge in [-0.3, -0.25) is 0 Å². The SMILES string of the molecule is OCCCc1nc2ccccc2n1CC(O)c1cc(Cl)ccc1Cl. The van der Waals surface area contributed by atoms with Crippen LogP contribution < -0.4 is 0 Å². The summed E-state index contributed by atoms with van der Waals surface area (Å²) in [4.78, 5) is 4.62. The predicted octanol–water partition coefficient (Wildman–Crippen LogP) is 4.00. The van der Waals surface area contributed by atoms with E-state index in [0.717, 1.165) is 16.9 Å². The maximum absolute atomic E-state index is 10.7. The van der Waals surface area contributed by atoms with Gasteiger partial charge in [-0.1, -0.05) is 35.3 Å². The molecule has 3 aromatic rings. The monoisotopic (exact) mass is 364 g/mol. The van der Waals surface area contributed by atoms with Crippen molar-refractivity contribution in [3.05, 3.63) is 63.9 Å². The Morgan fingerprint density at radius 2 is 1.92 bits per heavy atom. The summed E-state index contributed by atoms with van der Waals surface area (Å²) in [5, 5.41) is 20.8. The van der Waals surface area contributed by atoms with Gasteiger partial charge >= 0.3 is 0 Å². The molecule has 1 heterocycles. The van der Waals surface area contributed by atoms with Crippen molar-refractivity contribution in [3.8, 4) is 0 Å². The number of fused-ring (bicyclic) bond motifs is 1. The normalized spacial score (nSPS) is 12.7. The molecule has 2 N–H and O–H groups in total. The zero-order valence-electron chi connectivity index (χ0n) is 13.0. The van der Waals surface area contributed by atoms with Crippen molar-refractivity contribution >= 4 is 34.2 Å². The Bertz CT molecular complexity index is 848. The lowest BCUT2D eigenvalue weighted by Crippen LogP contribution is -2.12. The maximum Gasteiger partial charge on any atom is 0.110 e. The summed E-state index contributed by atoms with van der Waals surface area (Å²) in [7, 11) is 0. The van der Waals surface area contributed by atoms with E-state index in [9.17, 15) is 5.11 Å². The van der Waals surface area contributed by atoms with Gasteiger partial charge in [-0.25, -0.2) is 4.98 Å². The first-order valence-corrected chi connectivity index (χ1v) is 8.53. The van der Waals surface area contributed by atoms with Gasteiger partial charge in [-0.05, 0) is 36.8 Å². The molecule has 0 saturated carbocycles. The number of halogens is 2. The minimum absolute atomic E-state index is 0.103. The van der Waals surface area contributed by atoms with E-state index in [2.05, 4.69) is 4.98 Å². The molecule has 0 saturated heterocycles. The fourth-order valence-electron chi connectivity index (χ4n) is 2.80. The molecule has 0 bridgehead atoms. The van der Waals surface area contributed by atoms with Crippen LogP contribution in [-0.4, -0.2) is 26.4 Å². The van der Waals surface area contributed by atoms with Crippen LogP contribution in [0.3, 0.4) is 0 Å². The number of rotatable bonds is 6. The molecule has 0 amide bonds. The first kappa shape index (κ1) is 17.2. The quantitative estimate of drug-likeness (QED) is 0.694. The standard InChI is InChI=1S/C18H18Cl2N2O2/c19-12-7-8-14(20)13(10-12)17(24)11-22-16-5-2-1-4-15(16)21-18(22)6-3-9-23/h1-2,4-5,7-8,10,17,23-24H,3,6,9,11H2. The Kier molecular flexibility index (Phi) is 5.41. The molecule has 4 nitrogen and oxygen atoms in total. The van der Waals surface area contributed by atoms with Crippen molar-refractivity contribution in [2.24, 2.45) is 0 Å². The van der Waals surface area contributed by atoms with E-state index in [1.165, 1.54) is 0 Å². The van der Waals surface area contributed by atoms with E-state index in [-0.39, 0.29) is 6.61 Å². The van der Waals surface area contributed by atoms with Gasteiger partial charge in [-0.2, -0.15) is 0 Å². The van der Waals surface area contributed by atoms with Crippen molar-refractivity contribution in [3.63, 3.8) is 0 Å². The summed E-state index contributed by atoms with van der Waals surface area (Å²) >= 11 is 12.2. The number of para-hydroxylation sites is 2. The number of benzene rings is 2. The average molecular weight is 365 g/mol. The molecule has 0 fully saturated rings. The zero-order valence-corrected chi connectivity index (χ0v) is 14.5. The minimum Gasteiger partial charge on any atom is -0.396 e. The van der Waals surface area contributed by atoms with Crippen LogP contribution in [0.25, 0.3) is 11.0 Å². The third-order valence-corrected chi connectivity index (χ3v) is 4.54. The summed E-state index contributed by atoms with van der Waals surface area (Å²) < 4.78 is 1.98. The molecule has 2 aromatic carbocycles.